The summed E-state index contributed by atoms with van der Waals surface area (Å²) in [4.78, 5) is 2.04. The van der Waals surface area contributed by atoms with Crippen LogP contribution >= 0.6 is 0 Å². The second-order valence-electron chi connectivity index (χ2n) is 3.66. The molecule has 0 spiro atoms. The predicted octanol–water partition coefficient (Wildman–Crippen LogP) is -1.08. The summed E-state index contributed by atoms with van der Waals surface area (Å²) in [5, 5.41) is 22.7. The third-order valence-electron chi connectivity index (χ3n) is 2.54. The van der Waals surface area contributed by atoms with Gasteiger partial charge in [-0.25, -0.2) is 0 Å². The first-order chi connectivity index (χ1) is 6.75. The van der Waals surface area contributed by atoms with Crippen LogP contribution in [-0.2, 0) is 6.54 Å². The average molecular weight is 197 g/mol. The van der Waals surface area contributed by atoms with Crippen molar-refractivity contribution >= 4 is 0 Å². The van der Waals surface area contributed by atoms with Crippen molar-refractivity contribution in [1.29, 1.82) is 0 Å². The molecule has 78 valence electrons. The van der Waals surface area contributed by atoms with Crippen LogP contribution in [0.2, 0.25) is 0 Å². The quantitative estimate of drug-likeness (QED) is 0.647. The molecule has 5 nitrogen and oxygen atoms in total. The zero-order valence-corrected chi connectivity index (χ0v) is 7.95. The topological polar surface area (TPSA) is 61.5 Å². The lowest BCUT2D eigenvalue weighted by Gasteiger charge is -2.13. The highest BCUT2D eigenvalue weighted by atomic mass is 16.3. The molecule has 2 heterocycles. The maximum atomic E-state index is 9.31. The van der Waals surface area contributed by atoms with Gasteiger partial charge in [-0.3, -0.25) is 9.58 Å². The molecule has 2 atom stereocenters. The van der Waals surface area contributed by atoms with E-state index in [1.165, 1.54) is 0 Å². The Morgan fingerprint density at radius 3 is 2.50 bits per heavy atom. The van der Waals surface area contributed by atoms with E-state index in [4.69, 9.17) is 0 Å². The molecule has 5 heteroatoms. The van der Waals surface area contributed by atoms with Gasteiger partial charge in [0.1, 0.15) is 0 Å². The molecule has 1 fully saturated rings. The molecule has 0 amide bonds. The summed E-state index contributed by atoms with van der Waals surface area (Å²) in [6.07, 6.45) is 2.47. The van der Waals surface area contributed by atoms with Crippen LogP contribution in [-0.4, -0.2) is 56.7 Å². The van der Waals surface area contributed by atoms with Gasteiger partial charge in [0.15, 0.2) is 0 Å². The van der Waals surface area contributed by atoms with Gasteiger partial charge in [-0.1, -0.05) is 0 Å². The second kappa shape index (κ2) is 4.08. The van der Waals surface area contributed by atoms with Crippen LogP contribution in [0.5, 0.6) is 0 Å². The van der Waals surface area contributed by atoms with Crippen LogP contribution in [0.3, 0.4) is 0 Å². The number of likely N-dealkylation sites (tertiary alicyclic amines) is 1. The maximum Gasteiger partial charge on any atom is 0.0938 e. The summed E-state index contributed by atoms with van der Waals surface area (Å²) >= 11 is 0. The van der Waals surface area contributed by atoms with Crippen molar-refractivity contribution in [3.63, 3.8) is 0 Å². The molecular weight excluding hydrogens is 182 g/mol. The van der Waals surface area contributed by atoms with Gasteiger partial charge >= 0.3 is 0 Å². The van der Waals surface area contributed by atoms with E-state index in [1.54, 1.807) is 6.20 Å². The molecular formula is C9H15N3O2. The van der Waals surface area contributed by atoms with E-state index in [0.717, 1.165) is 13.1 Å². The van der Waals surface area contributed by atoms with Crippen molar-refractivity contribution < 1.29 is 10.2 Å². The fourth-order valence-corrected chi connectivity index (χ4v) is 1.71. The number of aromatic nitrogens is 2. The van der Waals surface area contributed by atoms with Crippen molar-refractivity contribution in [2.24, 2.45) is 0 Å². The molecule has 1 aliphatic rings. The Balaban J connectivity index is 1.77. The molecule has 2 rings (SSSR count). The fourth-order valence-electron chi connectivity index (χ4n) is 1.71. The monoisotopic (exact) mass is 197 g/mol. The first-order valence-electron chi connectivity index (χ1n) is 4.81. The van der Waals surface area contributed by atoms with Crippen LogP contribution in [0.4, 0.5) is 0 Å². The van der Waals surface area contributed by atoms with Gasteiger partial charge in [-0.15, -0.1) is 0 Å². The zero-order valence-electron chi connectivity index (χ0n) is 7.95. The lowest BCUT2D eigenvalue weighted by molar-refractivity contribution is 0.0572. The highest BCUT2D eigenvalue weighted by molar-refractivity contribution is 4.83. The Morgan fingerprint density at radius 2 is 1.93 bits per heavy atom. The fraction of sp³-hybridized carbons (Fsp3) is 0.667. The van der Waals surface area contributed by atoms with Gasteiger partial charge in [0.25, 0.3) is 0 Å². The van der Waals surface area contributed by atoms with E-state index in [1.807, 2.05) is 21.8 Å². The standard InChI is InChI=1S/C9H15N3O2/c13-8-6-11(7-9(8)14)4-5-12-3-1-2-10-12/h1-3,8-9,13-14H,4-7H2. The van der Waals surface area contributed by atoms with Crippen molar-refractivity contribution in [3.8, 4) is 0 Å². The average Bonchev–Trinajstić information content (AvgIpc) is 2.74. The van der Waals surface area contributed by atoms with Crippen LogP contribution in [0.1, 0.15) is 0 Å². The number of nitrogens with zero attached hydrogens (tertiary/aromatic N) is 3. The van der Waals surface area contributed by atoms with Gasteiger partial charge in [-0.2, -0.15) is 5.10 Å². The zero-order chi connectivity index (χ0) is 9.97. The molecule has 1 aromatic heterocycles. The molecule has 1 saturated heterocycles. The Kier molecular flexibility index (Phi) is 2.81. The van der Waals surface area contributed by atoms with Crippen molar-refractivity contribution in [2.45, 2.75) is 18.8 Å². The van der Waals surface area contributed by atoms with E-state index in [0.29, 0.717) is 13.1 Å². The largest absolute Gasteiger partial charge is 0.389 e. The van der Waals surface area contributed by atoms with Gasteiger partial charge in [0, 0.05) is 32.0 Å². The third-order valence-corrected chi connectivity index (χ3v) is 2.54. The molecule has 0 aromatic carbocycles. The third kappa shape index (κ3) is 2.12. The van der Waals surface area contributed by atoms with Gasteiger partial charge in [0.2, 0.25) is 0 Å². The SMILES string of the molecule is OC1CN(CCn2cccn2)CC1O. The number of aliphatic hydroxyl groups excluding tert-OH is 2. The first kappa shape index (κ1) is 9.64. The Labute approximate surface area is 82.6 Å². The summed E-state index contributed by atoms with van der Waals surface area (Å²) in [7, 11) is 0. The molecule has 2 unspecified atom stereocenters. The Morgan fingerprint density at radius 1 is 1.21 bits per heavy atom. The molecule has 0 aliphatic carbocycles. The summed E-state index contributed by atoms with van der Waals surface area (Å²) in [6.45, 7) is 2.73. The van der Waals surface area contributed by atoms with Crippen molar-refractivity contribution in [1.82, 2.24) is 14.7 Å². The lowest BCUT2D eigenvalue weighted by Crippen LogP contribution is -2.26. The smallest absolute Gasteiger partial charge is 0.0938 e. The van der Waals surface area contributed by atoms with Crippen LogP contribution in [0, 0.1) is 0 Å². The van der Waals surface area contributed by atoms with E-state index in [9.17, 15) is 10.2 Å². The number of rotatable bonds is 3. The second-order valence-corrected chi connectivity index (χ2v) is 3.66. The Hall–Kier alpha value is -0.910. The number of hydrogen-bond acceptors (Lipinski definition) is 4. The van der Waals surface area contributed by atoms with Gasteiger partial charge < -0.3 is 10.2 Å². The maximum absolute atomic E-state index is 9.31. The minimum Gasteiger partial charge on any atom is -0.389 e. The lowest BCUT2D eigenvalue weighted by atomic mass is 10.3. The molecule has 1 aromatic rings. The van der Waals surface area contributed by atoms with Crippen LogP contribution in [0.25, 0.3) is 0 Å². The summed E-state index contributed by atoms with van der Waals surface area (Å²) in [5.74, 6) is 0. The van der Waals surface area contributed by atoms with Gasteiger partial charge in [0.05, 0.1) is 18.8 Å². The summed E-state index contributed by atoms with van der Waals surface area (Å²) < 4.78 is 1.84. The van der Waals surface area contributed by atoms with E-state index in [2.05, 4.69) is 5.10 Å². The predicted molar refractivity (Wildman–Crippen MR) is 50.7 cm³/mol. The molecule has 0 bridgehead atoms. The van der Waals surface area contributed by atoms with Gasteiger partial charge in [-0.05, 0) is 6.07 Å². The highest BCUT2D eigenvalue weighted by Gasteiger charge is 2.28. The molecule has 0 saturated carbocycles. The Bertz CT molecular complexity index is 266. The van der Waals surface area contributed by atoms with E-state index in [-0.39, 0.29) is 0 Å². The molecule has 2 N–H and O–H groups in total. The van der Waals surface area contributed by atoms with Crippen LogP contribution < -0.4 is 0 Å². The molecule has 14 heavy (non-hydrogen) atoms. The van der Waals surface area contributed by atoms with E-state index < -0.39 is 12.2 Å². The minimum absolute atomic E-state index is 0.558. The highest BCUT2D eigenvalue weighted by Crippen LogP contribution is 2.09. The molecule has 1 aliphatic heterocycles. The van der Waals surface area contributed by atoms with Crippen LogP contribution in [0.15, 0.2) is 18.5 Å². The number of β-amino-alcohol motifs (C(OH)–C–C–N with tert-alkyl or cyclic N) is 2. The minimum atomic E-state index is -0.590. The number of hydrogen-bond donors (Lipinski definition) is 2. The molecule has 0 radical (unpaired) electrons. The summed E-state index contributed by atoms with van der Waals surface area (Å²) in [5.41, 5.74) is 0. The normalized spacial score (nSPS) is 28.4. The van der Waals surface area contributed by atoms with Crippen molar-refractivity contribution in [2.75, 3.05) is 19.6 Å². The first-order valence-corrected chi connectivity index (χ1v) is 4.81. The summed E-state index contributed by atoms with van der Waals surface area (Å²) in [6, 6.07) is 1.88. The number of aliphatic hydroxyl groups is 2. The van der Waals surface area contributed by atoms with Crippen molar-refractivity contribution in [3.05, 3.63) is 18.5 Å². The van der Waals surface area contributed by atoms with E-state index >= 15 is 0 Å².